The van der Waals surface area contributed by atoms with Gasteiger partial charge in [-0.15, -0.1) is 5.10 Å². The Hall–Kier alpha value is -3.08. The smallest absolute Gasteiger partial charge is 0.196 e. The zero-order valence-electron chi connectivity index (χ0n) is 17.6. The number of benzene rings is 2. The molecule has 30 heavy (non-hydrogen) atoms. The van der Waals surface area contributed by atoms with Gasteiger partial charge in [-0.2, -0.15) is 0 Å². The van der Waals surface area contributed by atoms with Crippen LogP contribution in [0.3, 0.4) is 0 Å². The minimum absolute atomic E-state index is 0.0278. The number of aromatic amines is 1. The number of carbonyl (C=O) groups excluding carboxylic acids is 1. The standard InChI is InChI=1S/C25H28N4O/c1-17-12-14-20(15-13-17)29-25(22-16-26-23-11-7-6-10-21(22)23)28(24(27-29)18(2)30)19-8-4-3-5-9-19/h6-7,10-16,19,25-26H,3-5,8-9H2,1-2H3/t25-/m0/s1. The Balaban J connectivity index is 1.67. The van der Waals surface area contributed by atoms with Crippen molar-refractivity contribution in [1.82, 2.24) is 9.88 Å². The lowest BCUT2D eigenvalue weighted by Crippen LogP contribution is -2.45. The summed E-state index contributed by atoms with van der Waals surface area (Å²) in [5, 5.41) is 8.12. The monoisotopic (exact) mass is 400 g/mol. The first-order valence-corrected chi connectivity index (χ1v) is 10.9. The Bertz CT molecular complexity index is 1090. The van der Waals surface area contributed by atoms with Gasteiger partial charge in [0.2, 0.25) is 0 Å². The van der Waals surface area contributed by atoms with Crippen LogP contribution in [0, 0.1) is 6.92 Å². The molecule has 0 unspecified atom stereocenters. The number of carbonyl (C=O) groups is 1. The number of aryl methyl sites for hydroxylation is 1. The molecule has 2 heterocycles. The summed E-state index contributed by atoms with van der Waals surface area (Å²) < 4.78 is 0. The van der Waals surface area contributed by atoms with E-state index in [1.165, 1.54) is 30.2 Å². The number of H-pyrrole nitrogens is 1. The molecule has 2 aromatic carbocycles. The van der Waals surface area contributed by atoms with Gasteiger partial charge in [0.25, 0.3) is 0 Å². The number of aromatic nitrogens is 1. The van der Waals surface area contributed by atoms with Crippen LogP contribution >= 0.6 is 0 Å². The lowest BCUT2D eigenvalue weighted by Gasteiger charge is -2.39. The molecule has 1 N–H and O–H groups in total. The lowest BCUT2D eigenvalue weighted by atomic mass is 9.92. The van der Waals surface area contributed by atoms with Crippen molar-refractivity contribution in [3.8, 4) is 0 Å². The lowest BCUT2D eigenvalue weighted by molar-refractivity contribution is -0.111. The van der Waals surface area contributed by atoms with Gasteiger partial charge < -0.3 is 9.88 Å². The molecular formula is C25H28N4O. The summed E-state index contributed by atoms with van der Waals surface area (Å²) in [6.45, 7) is 3.73. The maximum Gasteiger partial charge on any atom is 0.196 e. The number of hydrogen-bond acceptors (Lipinski definition) is 4. The molecule has 154 valence electrons. The number of Topliss-reactive ketones (excluding diaryl/α,β-unsaturated/α-hetero) is 1. The van der Waals surface area contributed by atoms with Crippen LogP contribution in [0.4, 0.5) is 5.69 Å². The second kappa shape index (κ2) is 7.63. The van der Waals surface area contributed by atoms with E-state index >= 15 is 0 Å². The van der Waals surface area contributed by atoms with Crippen LogP contribution in [0.1, 0.15) is 56.3 Å². The Morgan fingerprint density at radius 2 is 1.77 bits per heavy atom. The Morgan fingerprint density at radius 3 is 2.50 bits per heavy atom. The van der Waals surface area contributed by atoms with Crippen LogP contribution in [0.15, 0.2) is 59.8 Å². The minimum Gasteiger partial charge on any atom is -0.361 e. The summed E-state index contributed by atoms with van der Waals surface area (Å²) in [7, 11) is 0. The molecule has 5 rings (SSSR count). The van der Waals surface area contributed by atoms with Crippen molar-refractivity contribution in [2.75, 3.05) is 5.01 Å². The number of hydrazone groups is 1. The number of anilines is 1. The van der Waals surface area contributed by atoms with Gasteiger partial charge in [-0.1, -0.05) is 55.2 Å². The summed E-state index contributed by atoms with van der Waals surface area (Å²) in [6.07, 6.45) is 7.85. The van der Waals surface area contributed by atoms with E-state index in [-0.39, 0.29) is 11.9 Å². The number of fused-ring (bicyclic) bond motifs is 1. The van der Waals surface area contributed by atoms with Crippen LogP contribution in [0.2, 0.25) is 0 Å². The van der Waals surface area contributed by atoms with Crippen molar-refractivity contribution in [3.63, 3.8) is 0 Å². The minimum atomic E-state index is -0.133. The summed E-state index contributed by atoms with van der Waals surface area (Å²) in [5.74, 6) is 0.609. The number of nitrogens with one attached hydrogen (secondary N) is 1. The molecule has 0 bridgehead atoms. The quantitative estimate of drug-likeness (QED) is 0.626. The molecule has 1 aliphatic heterocycles. The van der Waals surface area contributed by atoms with Gasteiger partial charge >= 0.3 is 0 Å². The molecule has 3 aromatic rings. The fourth-order valence-electron chi connectivity index (χ4n) is 4.91. The molecule has 2 aliphatic rings. The molecule has 0 radical (unpaired) electrons. The number of nitrogens with zero attached hydrogens (tertiary/aromatic N) is 3. The van der Waals surface area contributed by atoms with Crippen molar-refractivity contribution >= 4 is 28.2 Å². The second-order valence-electron chi connectivity index (χ2n) is 8.52. The summed E-state index contributed by atoms with van der Waals surface area (Å²) in [4.78, 5) is 18.4. The van der Waals surface area contributed by atoms with E-state index in [1.807, 2.05) is 11.1 Å². The van der Waals surface area contributed by atoms with Gasteiger partial charge in [0.15, 0.2) is 17.8 Å². The summed E-state index contributed by atoms with van der Waals surface area (Å²) >= 11 is 0. The van der Waals surface area contributed by atoms with E-state index in [0.29, 0.717) is 11.9 Å². The highest BCUT2D eigenvalue weighted by molar-refractivity contribution is 6.38. The van der Waals surface area contributed by atoms with Crippen LogP contribution in [0.25, 0.3) is 10.9 Å². The molecule has 1 aliphatic carbocycles. The normalized spacial score (nSPS) is 20.1. The molecule has 0 amide bonds. The highest BCUT2D eigenvalue weighted by Gasteiger charge is 2.42. The molecule has 5 nitrogen and oxygen atoms in total. The first-order chi connectivity index (χ1) is 14.6. The maximum absolute atomic E-state index is 12.7. The van der Waals surface area contributed by atoms with E-state index in [9.17, 15) is 4.79 Å². The molecule has 1 aromatic heterocycles. The third kappa shape index (κ3) is 3.18. The second-order valence-corrected chi connectivity index (χ2v) is 8.52. The summed E-state index contributed by atoms with van der Waals surface area (Å²) in [6, 6.07) is 17.1. The molecule has 1 saturated carbocycles. The molecule has 0 spiro atoms. The SMILES string of the molecule is CC(=O)C1=NN(c2ccc(C)cc2)[C@@H](c2c[nH]c3ccccc23)N1C1CCCCC1. The van der Waals surface area contributed by atoms with E-state index in [0.717, 1.165) is 29.6 Å². The predicted octanol–water partition coefficient (Wildman–Crippen LogP) is 5.53. The first-order valence-electron chi connectivity index (χ1n) is 10.9. The molecule has 5 heteroatoms. The van der Waals surface area contributed by atoms with Crippen molar-refractivity contribution in [1.29, 1.82) is 0 Å². The zero-order valence-corrected chi connectivity index (χ0v) is 17.6. The molecule has 1 atom stereocenters. The predicted molar refractivity (Wildman–Crippen MR) is 122 cm³/mol. The van der Waals surface area contributed by atoms with Crippen molar-refractivity contribution < 1.29 is 4.79 Å². The topological polar surface area (TPSA) is 51.7 Å². The average Bonchev–Trinajstić information content (AvgIpc) is 3.36. The van der Waals surface area contributed by atoms with E-state index in [4.69, 9.17) is 5.10 Å². The van der Waals surface area contributed by atoms with Crippen molar-refractivity contribution in [3.05, 3.63) is 65.9 Å². The number of para-hydroxylation sites is 1. The third-order valence-electron chi connectivity index (χ3n) is 6.42. The van der Waals surface area contributed by atoms with Crippen LogP contribution < -0.4 is 5.01 Å². The van der Waals surface area contributed by atoms with Gasteiger partial charge in [0.1, 0.15) is 0 Å². The zero-order chi connectivity index (χ0) is 20.7. The van der Waals surface area contributed by atoms with Crippen LogP contribution in [-0.2, 0) is 4.79 Å². The molecule has 0 saturated heterocycles. The number of ketones is 1. The first kappa shape index (κ1) is 18.9. The van der Waals surface area contributed by atoms with E-state index in [1.54, 1.807) is 6.92 Å². The number of rotatable bonds is 4. The Labute approximate surface area is 177 Å². The number of amidine groups is 1. The highest BCUT2D eigenvalue weighted by atomic mass is 16.1. The maximum atomic E-state index is 12.7. The molecule has 1 fully saturated rings. The third-order valence-corrected chi connectivity index (χ3v) is 6.42. The van der Waals surface area contributed by atoms with Gasteiger partial charge in [0, 0.05) is 35.6 Å². The van der Waals surface area contributed by atoms with Gasteiger partial charge in [-0.3, -0.25) is 4.79 Å². The fraction of sp³-hybridized carbons (Fsp3) is 0.360. The average molecular weight is 401 g/mol. The van der Waals surface area contributed by atoms with E-state index < -0.39 is 0 Å². The Kier molecular flexibility index (Phi) is 4.81. The molecular weight excluding hydrogens is 372 g/mol. The van der Waals surface area contributed by atoms with Gasteiger partial charge in [0.05, 0.1) is 5.69 Å². The van der Waals surface area contributed by atoms with Gasteiger partial charge in [-0.05, 0) is 38.0 Å². The van der Waals surface area contributed by atoms with E-state index in [2.05, 4.69) is 65.5 Å². The Morgan fingerprint density at radius 1 is 1.03 bits per heavy atom. The summed E-state index contributed by atoms with van der Waals surface area (Å²) in [5.41, 5.74) is 4.49. The highest BCUT2D eigenvalue weighted by Crippen LogP contribution is 2.42. The van der Waals surface area contributed by atoms with Crippen molar-refractivity contribution in [2.45, 2.75) is 58.2 Å². The van der Waals surface area contributed by atoms with Crippen LogP contribution in [0.5, 0.6) is 0 Å². The van der Waals surface area contributed by atoms with Crippen molar-refractivity contribution in [2.24, 2.45) is 5.10 Å². The van der Waals surface area contributed by atoms with Gasteiger partial charge in [-0.25, -0.2) is 5.01 Å². The largest absolute Gasteiger partial charge is 0.361 e. The fourth-order valence-corrected chi connectivity index (χ4v) is 4.91. The number of hydrogen-bond donors (Lipinski definition) is 1. The van der Waals surface area contributed by atoms with Crippen LogP contribution in [-0.4, -0.2) is 27.5 Å².